The molecule has 1 rings (SSSR count). The molecule has 12 heavy (non-hydrogen) atoms. The Hall–Kier alpha value is -0.660. The Morgan fingerprint density at radius 3 is 2.50 bits per heavy atom. The fourth-order valence-corrected chi connectivity index (χ4v) is 2.03. The van der Waals surface area contributed by atoms with Crippen LogP contribution < -0.4 is 0 Å². The summed E-state index contributed by atoms with van der Waals surface area (Å²) in [5.41, 5.74) is -0.610. The smallest absolute Gasteiger partial charge is 0.149 e. The summed E-state index contributed by atoms with van der Waals surface area (Å²) in [4.78, 5) is 22.5. The van der Waals surface area contributed by atoms with Crippen molar-refractivity contribution in [3.63, 3.8) is 0 Å². The number of Topliss-reactive ketones (excluding diaryl/α,β-unsaturated/α-hetero) is 1. The zero-order valence-electron chi connectivity index (χ0n) is 7.80. The normalized spacial score (nSPS) is 35.5. The topological polar surface area (TPSA) is 34.1 Å². The van der Waals surface area contributed by atoms with Gasteiger partial charge in [-0.1, -0.05) is 13.8 Å². The van der Waals surface area contributed by atoms with E-state index in [0.29, 0.717) is 6.42 Å². The molecule has 2 atom stereocenters. The average Bonchev–Trinajstić information content (AvgIpc) is 2.43. The molecule has 1 aliphatic carbocycles. The maximum absolute atomic E-state index is 11.7. The molecule has 0 aromatic heterocycles. The van der Waals surface area contributed by atoms with Crippen LogP contribution in [-0.2, 0) is 9.59 Å². The first kappa shape index (κ1) is 9.43. The molecule has 2 unspecified atom stereocenters. The maximum Gasteiger partial charge on any atom is 0.149 e. The predicted molar refractivity (Wildman–Crippen MR) is 46.8 cm³/mol. The van der Waals surface area contributed by atoms with Crippen molar-refractivity contribution in [3.05, 3.63) is 0 Å². The highest BCUT2D eigenvalue weighted by molar-refractivity contribution is 6.01. The lowest BCUT2D eigenvalue weighted by molar-refractivity contribution is -0.134. The second-order valence-corrected chi connectivity index (χ2v) is 3.64. The third-order valence-electron chi connectivity index (χ3n) is 3.15. The van der Waals surface area contributed by atoms with Crippen molar-refractivity contribution in [2.45, 2.75) is 39.5 Å². The molecule has 0 amide bonds. The van der Waals surface area contributed by atoms with E-state index in [0.717, 1.165) is 25.5 Å². The summed E-state index contributed by atoms with van der Waals surface area (Å²) in [6.45, 7) is 3.93. The summed E-state index contributed by atoms with van der Waals surface area (Å²) in [7, 11) is 0. The van der Waals surface area contributed by atoms with Gasteiger partial charge in [0.05, 0.1) is 5.41 Å². The van der Waals surface area contributed by atoms with Crippen LogP contribution in [0.5, 0.6) is 0 Å². The highest BCUT2D eigenvalue weighted by atomic mass is 16.1. The number of aldehydes is 1. The second kappa shape index (κ2) is 3.38. The Bertz CT molecular complexity index is 198. The van der Waals surface area contributed by atoms with Gasteiger partial charge in [-0.05, 0) is 25.7 Å². The monoisotopic (exact) mass is 168 g/mol. The van der Waals surface area contributed by atoms with E-state index in [2.05, 4.69) is 0 Å². The lowest BCUT2D eigenvalue weighted by atomic mass is 9.83. The van der Waals surface area contributed by atoms with Crippen molar-refractivity contribution >= 4 is 12.1 Å². The summed E-state index contributed by atoms with van der Waals surface area (Å²) in [6, 6.07) is 0. The molecule has 1 saturated carbocycles. The Kier molecular flexibility index (Phi) is 2.65. The molecule has 0 aliphatic heterocycles. The van der Waals surface area contributed by atoms with Crippen molar-refractivity contribution in [1.29, 1.82) is 0 Å². The first-order valence-electron chi connectivity index (χ1n) is 4.70. The maximum atomic E-state index is 11.7. The minimum atomic E-state index is -0.610. The van der Waals surface area contributed by atoms with Gasteiger partial charge in [0.15, 0.2) is 0 Å². The van der Waals surface area contributed by atoms with E-state index >= 15 is 0 Å². The Morgan fingerprint density at radius 1 is 1.58 bits per heavy atom. The lowest BCUT2D eigenvalue weighted by Crippen LogP contribution is -2.29. The van der Waals surface area contributed by atoms with Crippen LogP contribution in [0.2, 0.25) is 0 Å². The second-order valence-electron chi connectivity index (χ2n) is 3.64. The van der Waals surface area contributed by atoms with Crippen molar-refractivity contribution in [2.24, 2.45) is 11.3 Å². The Balaban J connectivity index is 2.82. The van der Waals surface area contributed by atoms with Crippen LogP contribution in [0.1, 0.15) is 39.5 Å². The van der Waals surface area contributed by atoms with E-state index in [1.807, 2.05) is 13.8 Å². The molecule has 0 radical (unpaired) electrons. The van der Waals surface area contributed by atoms with Crippen molar-refractivity contribution in [3.8, 4) is 0 Å². The van der Waals surface area contributed by atoms with E-state index in [1.165, 1.54) is 0 Å². The third-order valence-corrected chi connectivity index (χ3v) is 3.15. The Labute approximate surface area is 73.3 Å². The van der Waals surface area contributed by atoms with Gasteiger partial charge in [0.2, 0.25) is 0 Å². The third kappa shape index (κ3) is 1.19. The van der Waals surface area contributed by atoms with E-state index in [4.69, 9.17) is 0 Å². The number of rotatable bonds is 3. The van der Waals surface area contributed by atoms with Gasteiger partial charge >= 0.3 is 0 Å². The predicted octanol–water partition coefficient (Wildman–Crippen LogP) is 1.97. The van der Waals surface area contributed by atoms with Crippen LogP contribution in [0.15, 0.2) is 0 Å². The standard InChI is InChI=1S/C10H16O2/c1-3-8-5-6-10(4-2,7-11)9(8)12/h7-8H,3-6H2,1-2H3. The van der Waals surface area contributed by atoms with Gasteiger partial charge < -0.3 is 4.79 Å². The largest absolute Gasteiger partial charge is 0.302 e. The van der Waals surface area contributed by atoms with Crippen LogP contribution in [0.3, 0.4) is 0 Å². The van der Waals surface area contributed by atoms with Crippen LogP contribution in [0, 0.1) is 11.3 Å². The molecule has 0 heterocycles. The number of hydrogen-bond donors (Lipinski definition) is 0. The molecule has 1 fully saturated rings. The molecule has 0 bridgehead atoms. The molecule has 1 aliphatic rings. The van der Waals surface area contributed by atoms with Gasteiger partial charge in [0.1, 0.15) is 12.1 Å². The molecule has 0 aromatic carbocycles. The van der Waals surface area contributed by atoms with Gasteiger partial charge in [0.25, 0.3) is 0 Å². The lowest BCUT2D eigenvalue weighted by Gasteiger charge is -2.17. The number of hydrogen-bond acceptors (Lipinski definition) is 2. The summed E-state index contributed by atoms with van der Waals surface area (Å²) in [5.74, 6) is 0.331. The van der Waals surface area contributed by atoms with Crippen molar-refractivity contribution in [2.75, 3.05) is 0 Å². The number of carbonyl (C=O) groups excluding carboxylic acids is 2. The SMILES string of the molecule is CCC1CCC(C=O)(CC)C1=O. The molecule has 0 aromatic rings. The highest BCUT2D eigenvalue weighted by Gasteiger charge is 2.45. The Morgan fingerprint density at radius 2 is 2.25 bits per heavy atom. The fraction of sp³-hybridized carbons (Fsp3) is 0.800. The van der Waals surface area contributed by atoms with Crippen molar-refractivity contribution in [1.82, 2.24) is 0 Å². The van der Waals surface area contributed by atoms with Crippen molar-refractivity contribution < 1.29 is 9.59 Å². The molecule has 2 heteroatoms. The zero-order chi connectivity index (χ0) is 9.19. The fourth-order valence-electron chi connectivity index (χ4n) is 2.03. The average molecular weight is 168 g/mol. The molecule has 2 nitrogen and oxygen atoms in total. The minimum absolute atomic E-state index is 0.148. The van der Waals surface area contributed by atoms with Crippen LogP contribution in [-0.4, -0.2) is 12.1 Å². The zero-order valence-corrected chi connectivity index (χ0v) is 7.80. The molecule has 0 spiro atoms. The van der Waals surface area contributed by atoms with E-state index in [-0.39, 0.29) is 11.7 Å². The minimum Gasteiger partial charge on any atom is -0.302 e. The quantitative estimate of drug-likeness (QED) is 0.477. The van der Waals surface area contributed by atoms with E-state index in [9.17, 15) is 9.59 Å². The van der Waals surface area contributed by atoms with Crippen LogP contribution in [0.4, 0.5) is 0 Å². The first-order chi connectivity index (χ1) is 5.70. The molecular formula is C10H16O2. The van der Waals surface area contributed by atoms with Gasteiger partial charge in [-0.15, -0.1) is 0 Å². The summed E-state index contributed by atoms with van der Waals surface area (Å²) >= 11 is 0. The van der Waals surface area contributed by atoms with Crippen LogP contribution >= 0.6 is 0 Å². The number of carbonyl (C=O) groups is 2. The van der Waals surface area contributed by atoms with E-state index < -0.39 is 5.41 Å². The van der Waals surface area contributed by atoms with Gasteiger partial charge in [-0.25, -0.2) is 0 Å². The summed E-state index contributed by atoms with van der Waals surface area (Å²) in [5, 5.41) is 0. The molecule has 0 saturated heterocycles. The van der Waals surface area contributed by atoms with Gasteiger partial charge in [-0.2, -0.15) is 0 Å². The highest BCUT2D eigenvalue weighted by Crippen LogP contribution is 2.40. The molecule has 68 valence electrons. The van der Waals surface area contributed by atoms with Gasteiger partial charge in [0, 0.05) is 5.92 Å². The van der Waals surface area contributed by atoms with E-state index in [1.54, 1.807) is 0 Å². The summed E-state index contributed by atoms with van der Waals surface area (Å²) < 4.78 is 0. The van der Waals surface area contributed by atoms with Gasteiger partial charge in [-0.3, -0.25) is 4.79 Å². The van der Waals surface area contributed by atoms with Crippen LogP contribution in [0.25, 0.3) is 0 Å². The molecular weight excluding hydrogens is 152 g/mol. The molecule has 0 N–H and O–H groups in total. The summed E-state index contributed by atoms with van der Waals surface area (Å²) in [6.07, 6.45) is 4.09. The number of ketones is 1. The first-order valence-corrected chi connectivity index (χ1v) is 4.70.